The van der Waals surface area contributed by atoms with Gasteiger partial charge in [0, 0.05) is 5.41 Å². The van der Waals surface area contributed by atoms with E-state index < -0.39 is 0 Å². The zero-order valence-electron chi connectivity index (χ0n) is 13.0. The van der Waals surface area contributed by atoms with Gasteiger partial charge in [0.2, 0.25) is 0 Å². The average Bonchev–Trinajstić information content (AvgIpc) is 2.67. The molecule has 0 saturated heterocycles. The van der Waals surface area contributed by atoms with Crippen LogP contribution in [0, 0.1) is 5.92 Å². The number of para-hydroxylation sites is 1. The highest BCUT2D eigenvalue weighted by Crippen LogP contribution is 2.34. The van der Waals surface area contributed by atoms with Gasteiger partial charge in [-0.3, -0.25) is 0 Å². The number of nitrogens with zero attached hydrogens (tertiary/aromatic N) is 2. The molecular weight excluding hydrogens is 248 g/mol. The van der Waals surface area contributed by atoms with Crippen molar-refractivity contribution in [3.05, 3.63) is 41.7 Å². The minimum absolute atomic E-state index is 0.171. The second-order valence-electron chi connectivity index (χ2n) is 6.74. The van der Waals surface area contributed by atoms with E-state index in [1.54, 1.807) is 0 Å². The Hall–Kier alpha value is -1.77. The molecular formula is C17H24N2O. The van der Waals surface area contributed by atoms with Crippen LogP contribution in [-0.2, 0) is 11.8 Å². The number of aromatic hydroxyl groups is 1. The van der Waals surface area contributed by atoms with Crippen LogP contribution in [0.3, 0.4) is 0 Å². The van der Waals surface area contributed by atoms with Crippen LogP contribution in [0.2, 0.25) is 0 Å². The Bertz CT molecular complexity index is 577. The minimum atomic E-state index is -0.171. The summed E-state index contributed by atoms with van der Waals surface area (Å²) in [5.74, 6) is 0.808. The quantitative estimate of drug-likeness (QED) is 0.914. The van der Waals surface area contributed by atoms with Gasteiger partial charge in [0.25, 0.3) is 0 Å². The van der Waals surface area contributed by atoms with Crippen molar-refractivity contribution in [2.24, 2.45) is 5.92 Å². The highest BCUT2D eigenvalue weighted by Gasteiger charge is 2.27. The maximum absolute atomic E-state index is 10.6. The molecule has 2 rings (SSSR count). The SMILES string of the molecule is CC(C)Cc1c(O)c(C(C)(C)C)nn1-c1ccccc1. The maximum atomic E-state index is 10.6. The molecule has 0 fully saturated rings. The van der Waals surface area contributed by atoms with Crippen LogP contribution >= 0.6 is 0 Å². The first-order valence-electron chi connectivity index (χ1n) is 7.17. The van der Waals surface area contributed by atoms with Gasteiger partial charge in [0.1, 0.15) is 5.69 Å². The van der Waals surface area contributed by atoms with Gasteiger partial charge in [-0.15, -0.1) is 0 Å². The lowest BCUT2D eigenvalue weighted by molar-refractivity contribution is 0.435. The van der Waals surface area contributed by atoms with Crippen molar-refractivity contribution in [1.29, 1.82) is 0 Å². The minimum Gasteiger partial charge on any atom is -0.504 e. The van der Waals surface area contributed by atoms with E-state index in [0.717, 1.165) is 23.5 Å². The van der Waals surface area contributed by atoms with Crippen molar-refractivity contribution in [3.63, 3.8) is 0 Å². The van der Waals surface area contributed by atoms with Crippen LogP contribution < -0.4 is 0 Å². The van der Waals surface area contributed by atoms with Crippen LogP contribution in [0.15, 0.2) is 30.3 Å². The van der Waals surface area contributed by atoms with Crippen LogP contribution in [0.4, 0.5) is 0 Å². The topological polar surface area (TPSA) is 38.1 Å². The molecule has 20 heavy (non-hydrogen) atoms. The van der Waals surface area contributed by atoms with Crippen molar-refractivity contribution in [3.8, 4) is 11.4 Å². The van der Waals surface area contributed by atoms with Gasteiger partial charge in [-0.1, -0.05) is 52.8 Å². The van der Waals surface area contributed by atoms with Gasteiger partial charge in [0.05, 0.1) is 11.4 Å². The Labute approximate surface area is 121 Å². The normalized spacial score (nSPS) is 12.1. The first-order valence-corrected chi connectivity index (χ1v) is 7.17. The molecule has 0 aliphatic heterocycles. The fourth-order valence-electron chi connectivity index (χ4n) is 2.30. The van der Waals surface area contributed by atoms with E-state index >= 15 is 0 Å². The highest BCUT2D eigenvalue weighted by atomic mass is 16.3. The number of hydrogen-bond donors (Lipinski definition) is 1. The third-order valence-corrected chi connectivity index (χ3v) is 3.27. The molecule has 1 aromatic heterocycles. The second kappa shape index (κ2) is 5.31. The third-order valence-electron chi connectivity index (χ3n) is 3.27. The molecule has 1 aromatic carbocycles. The molecule has 0 unspecified atom stereocenters. The summed E-state index contributed by atoms with van der Waals surface area (Å²) in [6.45, 7) is 10.5. The van der Waals surface area contributed by atoms with E-state index in [0.29, 0.717) is 11.7 Å². The van der Waals surface area contributed by atoms with E-state index in [4.69, 9.17) is 0 Å². The summed E-state index contributed by atoms with van der Waals surface area (Å²) >= 11 is 0. The lowest BCUT2D eigenvalue weighted by Crippen LogP contribution is -2.13. The second-order valence-corrected chi connectivity index (χ2v) is 6.74. The Morgan fingerprint density at radius 1 is 1.15 bits per heavy atom. The molecule has 0 bridgehead atoms. The van der Waals surface area contributed by atoms with E-state index in [2.05, 4.69) is 39.7 Å². The number of hydrogen-bond acceptors (Lipinski definition) is 2. The van der Waals surface area contributed by atoms with Crippen LogP contribution in [0.25, 0.3) is 5.69 Å². The summed E-state index contributed by atoms with van der Waals surface area (Å²) in [5.41, 5.74) is 2.48. The van der Waals surface area contributed by atoms with E-state index in [-0.39, 0.29) is 5.41 Å². The molecule has 0 radical (unpaired) electrons. The Balaban J connectivity index is 2.61. The molecule has 1 heterocycles. The predicted octanol–water partition coefficient (Wildman–Crippen LogP) is 4.07. The van der Waals surface area contributed by atoms with Gasteiger partial charge >= 0.3 is 0 Å². The molecule has 0 spiro atoms. The van der Waals surface area contributed by atoms with E-state index in [9.17, 15) is 5.11 Å². The Kier molecular flexibility index (Phi) is 3.89. The fourth-order valence-corrected chi connectivity index (χ4v) is 2.30. The first kappa shape index (κ1) is 14.6. The molecule has 3 heteroatoms. The molecule has 0 amide bonds. The van der Waals surface area contributed by atoms with Crippen molar-refractivity contribution in [2.75, 3.05) is 0 Å². The average molecular weight is 272 g/mol. The summed E-state index contributed by atoms with van der Waals surface area (Å²) in [7, 11) is 0. The van der Waals surface area contributed by atoms with Crippen molar-refractivity contribution >= 4 is 0 Å². The van der Waals surface area contributed by atoms with Crippen LogP contribution in [0.1, 0.15) is 46.0 Å². The largest absolute Gasteiger partial charge is 0.504 e. The summed E-state index contributed by atoms with van der Waals surface area (Å²) in [4.78, 5) is 0. The van der Waals surface area contributed by atoms with E-state index in [1.807, 2.05) is 35.0 Å². The van der Waals surface area contributed by atoms with Crippen LogP contribution in [0.5, 0.6) is 5.75 Å². The number of benzene rings is 1. The monoisotopic (exact) mass is 272 g/mol. The zero-order valence-corrected chi connectivity index (χ0v) is 13.0. The number of aromatic nitrogens is 2. The molecule has 2 aromatic rings. The van der Waals surface area contributed by atoms with Crippen molar-refractivity contribution < 1.29 is 5.11 Å². The summed E-state index contributed by atoms with van der Waals surface area (Å²) in [6.07, 6.45) is 0.809. The van der Waals surface area contributed by atoms with Gasteiger partial charge in [-0.25, -0.2) is 4.68 Å². The van der Waals surface area contributed by atoms with Gasteiger partial charge in [0.15, 0.2) is 5.75 Å². The molecule has 3 nitrogen and oxygen atoms in total. The fraction of sp³-hybridized carbons (Fsp3) is 0.471. The smallest absolute Gasteiger partial charge is 0.161 e. The molecule has 0 saturated carbocycles. The summed E-state index contributed by atoms with van der Waals surface area (Å²) < 4.78 is 1.88. The Morgan fingerprint density at radius 2 is 1.75 bits per heavy atom. The van der Waals surface area contributed by atoms with Crippen molar-refractivity contribution in [1.82, 2.24) is 9.78 Å². The molecule has 0 atom stereocenters. The number of rotatable bonds is 3. The molecule has 0 aliphatic carbocycles. The van der Waals surface area contributed by atoms with Crippen LogP contribution in [-0.4, -0.2) is 14.9 Å². The van der Waals surface area contributed by atoms with E-state index in [1.165, 1.54) is 0 Å². The Morgan fingerprint density at radius 3 is 2.25 bits per heavy atom. The maximum Gasteiger partial charge on any atom is 0.161 e. The molecule has 108 valence electrons. The van der Waals surface area contributed by atoms with Gasteiger partial charge in [-0.05, 0) is 24.5 Å². The molecule has 0 aliphatic rings. The third kappa shape index (κ3) is 2.87. The van der Waals surface area contributed by atoms with Crippen molar-refractivity contribution in [2.45, 2.75) is 46.5 Å². The highest BCUT2D eigenvalue weighted by molar-refractivity contribution is 5.43. The predicted molar refractivity (Wildman–Crippen MR) is 82.5 cm³/mol. The lowest BCUT2D eigenvalue weighted by Gasteiger charge is -2.15. The lowest BCUT2D eigenvalue weighted by atomic mass is 9.91. The zero-order chi connectivity index (χ0) is 14.9. The van der Waals surface area contributed by atoms with Gasteiger partial charge in [-0.2, -0.15) is 5.10 Å². The molecule has 1 N–H and O–H groups in total. The summed E-state index contributed by atoms with van der Waals surface area (Å²) in [5, 5.41) is 15.2. The van der Waals surface area contributed by atoms with Gasteiger partial charge < -0.3 is 5.11 Å². The summed E-state index contributed by atoms with van der Waals surface area (Å²) in [6, 6.07) is 10.00. The standard InChI is InChI=1S/C17H24N2O/c1-12(2)11-14-15(20)16(17(3,4)5)18-19(14)13-9-7-6-8-10-13/h6-10,12,20H,11H2,1-5H3. The first-order chi connectivity index (χ1) is 9.30.